The SMILES string of the molecule is CC(Nc1ccc(OCCC(N)=O)cc1)c1ccco1. The summed E-state index contributed by atoms with van der Waals surface area (Å²) in [4.78, 5) is 10.6. The summed E-state index contributed by atoms with van der Waals surface area (Å²) < 4.78 is 10.7. The van der Waals surface area contributed by atoms with E-state index in [2.05, 4.69) is 5.32 Å². The van der Waals surface area contributed by atoms with Gasteiger partial charge in [-0.15, -0.1) is 0 Å². The van der Waals surface area contributed by atoms with Crippen LogP contribution in [-0.2, 0) is 4.79 Å². The zero-order valence-corrected chi connectivity index (χ0v) is 11.3. The van der Waals surface area contributed by atoms with Crippen molar-refractivity contribution >= 4 is 11.6 Å². The summed E-state index contributed by atoms with van der Waals surface area (Å²) in [6, 6.07) is 11.4. The van der Waals surface area contributed by atoms with Gasteiger partial charge in [0.15, 0.2) is 0 Å². The van der Waals surface area contributed by atoms with Crippen molar-refractivity contribution in [2.75, 3.05) is 11.9 Å². The van der Waals surface area contributed by atoms with E-state index < -0.39 is 0 Å². The molecule has 2 aromatic rings. The van der Waals surface area contributed by atoms with E-state index in [1.807, 2.05) is 43.3 Å². The van der Waals surface area contributed by atoms with Gasteiger partial charge >= 0.3 is 0 Å². The number of hydrogen-bond donors (Lipinski definition) is 2. The van der Waals surface area contributed by atoms with Gasteiger partial charge in [0.2, 0.25) is 5.91 Å². The molecule has 5 nitrogen and oxygen atoms in total. The summed E-state index contributed by atoms with van der Waals surface area (Å²) in [5.41, 5.74) is 6.01. The molecule has 1 unspecified atom stereocenters. The van der Waals surface area contributed by atoms with Gasteiger partial charge in [0, 0.05) is 5.69 Å². The minimum absolute atomic E-state index is 0.0895. The molecule has 0 saturated carbocycles. The van der Waals surface area contributed by atoms with Gasteiger partial charge in [0.25, 0.3) is 0 Å². The lowest BCUT2D eigenvalue weighted by atomic mass is 10.2. The van der Waals surface area contributed by atoms with Crippen LogP contribution in [0.5, 0.6) is 5.75 Å². The van der Waals surface area contributed by atoms with Crippen LogP contribution in [0.1, 0.15) is 25.1 Å². The molecule has 0 fully saturated rings. The number of furan rings is 1. The topological polar surface area (TPSA) is 77.5 Å². The number of amides is 1. The predicted molar refractivity (Wildman–Crippen MR) is 76.5 cm³/mol. The van der Waals surface area contributed by atoms with Gasteiger partial charge in [-0.25, -0.2) is 0 Å². The van der Waals surface area contributed by atoms with Gasteiger partial charge in [-0.3, -0.25) is 4.79 Å². The first-order chi connectivity index (χ1) is 9.65. The van der Waals surface area contributed by atoms with Crippen LogP contribution >= 0.6 is 0 Å². The molecule has 20 heavy (non-hydrogen) atoms. The summed E-state index contributed by atoms with van der Waals surface area (Å²) in [5.74, 6) is 1.23. The quantitative estimate of drug-likeness (QED) is 0.813. The minimum atomic E-state index is -0.365. The number of primary amides is 1. The number of carbonyl (C=O) groups excluding carboxylic acids is 1. The molecule has 2 rings (SSSR count). The second kappa shape index (κ2) is 6.65. The van der Waals surface area contributed by atoms with Crippen molar-refractivity contribution in [1.82, 2.24) is 0 Å². The molecule has 1 amide bonds. The van der Waals surface area contributed by atoms with Crippen LogP contribution in [-0.4, -0.2) is 12.5 Å². The normalized spacial score (nSPS) is 11.8. The number of ether oxygens (including phenoxy) is 1. The molecule has 1 aromatic carbocycles. The number of nitrogens with two attached hydrogens (primary N) is 1. The number of benzene rings is 1. The zero-order chi connectivity index (χ0) is 14.4. The van der Waals surface area contributed by atoms with Crippen molar-refractivity contribution in [2.24, 2.45) is 5.73 Å². The van der Waals surface area contributed by atoms with Crippen molar-refractivity contribution in [2.45, 2.75) is 19.4 Å². The van der Waals surface area contributed by atoms with E-state index in [0.717, 1.165) is 11.4 Å². The molecule has 0 aliphatic heterocycles. The molecular formula is C15H18N2O3. The smallest absolute Gasteiger partial charge is 0.220 e. The number of hydrogen-bond acceptors (Lipinski definition) is 4. The molecule has 0 aliphatic rings. The summed E-state index contributed by atoms with van der Waals surface area (Å²) in [7, 11) is 0. The summed E-state index contributed by atoms with van der Waals surface area (Å²) in [6.07, 6.45) is 1.87. The lowest BCUT2D eigenvalue weighted by Gasteiger charge is -2.13. The summed E-state index contributed by atoms with van der Waals surface area (Å²) in [6.45, 7) is 2.32. The molecule has 1 heterocycles. The molecule has 0 aliphatic carbocycles. The standard InChI is InChI=1S/C15H18N2O3/c1-11(14-3-2-9-20-14)17-12-4-6-13(7-5-12)19-10-8-15(16)18/h2-7,9,11,17H,8,10H2,1H3,(H2,16,18). The number of rotatable bonds is 7. The summed E-state index contributed by atoms with van der Waals surface area (Å²) in [5, 5.41) is 3.32. The lowest BCUT2D eigenvalue weighted by Crippen LogP contribution is -2.14. The maximum absolute atomic E-state index is 10.6. The Morgan fingerprint density at radius 1 is 1.35 bits per heavy atom. The summed E-state index contributed by atoms with van der Waals surface area (Å²) >= 11 is 0. The Bertz CT molecular complexity index is 535. The highest BCUT2D eigenvalue weighted by Gasteiger charge is 2.07. The Kier molecular flexibility index (Phi) is 4.65. The van der Waals surface area contributed by atoms with Crippen molar-refractivity contribution in [3.63, 3.8) is 0 Å². The highest BCUT2D eigenvalue weighted by Crippen LogP contribution is 2.21. The Hall–Kier alpha value is -2.43. The van der Waals surface area contributed by atoms with Crippen molar-refractivity contribution in [1.29, 1.82) is 0 Å². The molecule has 0 saturated heterocycles. The third-order valence-electron chi connectivity index (χ3n) is 2.82. The highest BCUT2D eigenvalue weighted by molar-refractivity contribution is 5.73. The fourth-order valence-corrected chi connectivity index (χ4v) is 1.78. The van der Waals surface area contributed by atoms with E-state index in [-0.39, 0.29) is 18.4 Å². The number of anilines is 1. The molecule has 3 N–H and O–H groups in total. The van der Waals surface area contributed by atoms with Gasteiger partial charge in [-0.05, 0) is 43.3 Å². The largest absolute Gasteiger partial charge is 0.493 e. The number of carbonyl (C=O) groups is 1. The second-order valence-electron chi connectivity index (χ2n) is 4.47. The maximum atomic E-state index is 10.6. The Morgan fingerprint density at radius 2 is 2.10 bits per heavy atom. The van der Waals surface area contributed by atoms with Gasteiger partial charge < -0.3 is 20.2 Å². The molecule has 0 radical (unpaired) electrons. The molecule has 5 heteroatoms. The first-order valence-corrected chi connectivity index (χ1v) is 6.46. The Balaban J connectivity index is 1.86. The van der Waals surface area contributed by atoms with E-state index in [1.54, 1.807) is 6.26 Å². The van der Waals surface area contributed by atoms with E-state index in [0.29, 0.717) is 12.4 Å². The van der Waals surface area contributed by atoms with Gasteiger partial charge in [-0.1, -0.05) is 0 Å². The van der Waals surface area contributed by atoms with Crippen molar-refractivity contribution in [3.05, 3.63) is 48.4 Å². The third kappa shape index (κ3) is 4.05. The average Bonchev–Trinajstić information content (AvgIpc) is 2.94. The van der Waals surface area contributed by atoms with Crippen molar-refractivity contribution in [3.8, 4) is 5.75 Å². The monoisotopic (exact) mass is 274 g/mol. The minimum Gasteiger partial charge on any atom is -0.493 e. The Morgan fingerprint density at radius 3 is 2.70 bits per heavy atom. The average molecular weight is 274 g/mol. The number of nitrogens with one attached hydrogen (secondary N) is 1. The fraction of sp³-hybridized carbons (Fsp3) is 0.267. The molecule has 0 bridgehead atoms. The van der Waals surface area contributed by atoms with E-state index in [1.165, 1.54) is 0 Å². The van der Waals surface area contributed by atoms with E-state index in [4.69, 9.17) is 14.9 Å². The van der Waals surface area contributed by atoms with E-state index in [9.17, 15) is 4.79 Å². The molecule has 1 atom stereocenters. The molecule has 1 aromatic heterocycles. The fourth-order valence-electron chi connectivity index (χ4n) is 1.78. The molecular weight excluding hydrogens is 256 g/mol. The lowest BCUT2D eigenvalue weighted by molar-refractivity contribution is -0.118. The molecule has 0 spiro atoms. The van der Waals surface area contributed by atoms with Crippen LogP contribution in [0.15, 0.2) is 47.1 Å². The van der Waals surface area contributed by atoms with Crippen molar-refractivity contribution < 1.29 is 13.9 Å². The predicted octanol–water partition coefficient (Wildman–Crippen LogP) is 2.71. The third-order valence-corrected chi connectivity index (χ3v) is 2.82. The van der Waals surface area contributed by atoms with E-state index >= 15 is 0 Å². The highest BCUT2D eigenvalue weighted by atomic mass is 16.5. The van der Waals surface area contributed by atoms with Gasteiger partial charge in [-0.2, -0.15) is 0 Å². The second-order valence-corrected chi connectivity index (χ2v) is 4.47. The van der Waals surface area contributed by atoms with Crippen LogP contribution < -0.4 is 15.8 Å². The van der Waals surface area contributed by atoms with Gasteiger partial charge in [0.1, 0.15) is 11.5 Å². The van der Waals surface area contributed by atoms with Crippen LogP contribution in [0.3, 0.4) is 0 Å². The first kappa shape index (κ1) is 14.0. The maximum Gasteiger partial charge on any atom is 0.220 e. The van der Waals surface area contributed by atoms with Crippen LogP contribution in [0.4, 0.5) is 5.69 Å². The van der Waals surface area contributed by atoms with Crippen LogP contribution in [0, 0.1) is 0 Å². The van der Waals surface area contributed by atoms with Crippen LogP contribution in [0.25, 0.3) is 0 Å². The first-order valence-electron chi connectivity index (χ1n) is 6.46. The zero-order valence-electron chi connectivity index (χ0n) is 11.3. The molecule has 106 valence electrons. The van der Waals surface area contributed by atoms with Gasteiger partial charge in [0.05, 0.1) is 25.3 Å². The Labute approximate surface area is 117 Å². The van der Waals surface area contributed by atoms with Crippen LogP contribution in [0.2, 0.25) is 0 Å².